The molecule has 2 amide bonds. The van der Waals surface area contributed by atoms with Crippen LogP contribution in [0.4, 0.5) is 4.79 Å². The van der Waals surface area contributed by atoms with Gasteiger partial charge in [0.25, 0.3) is 0 Å². The summed E-state index contributed by atoms with van der Waals surface area (Å²) >= 11 is 0. The molecular formula is C18H35N3O. The average Bonchev–Trinajstić information content (AvgIpc) is 2.49. The highest BCUT2D eigenvalue weighted by Gasteiger charge is 2.20. The molecule has 1 aliphatic heterocycles. The molecule has 2 N–H and O–H groups in total. The van der Waals surface area contributed by atoms with Crippen molar-refractivity contribution in [1.29, 1.82) is 0 Å². The van der Waals surface area contributed by atoms with Crippen molar-refractivity contribution in [3.8, 4) is 0 Å². The Hall–Kier alpha value is -1.03. The van der Waals surface area contributed by atoms with Crippen LogP contribution in [0.25, 0.3) is 0 Å². The lowest BCUT2D eigenvalue weighted by molar-refractivity contribution is 0.201. The van der Waals surface area contributed by atoms with Crippen molar-refractivity contribution in [3.63, 3.8) is 0 Å². The Balaban J connectivity index is 2.19. The summed E-state index contributed by atoms with van der Waals surface area (Å²) < 4.78 is 0. The van der Waals surface area contributed by atoms with Gasteiger partial charge in [0.05, 0.1) is 0 Å². The molecule has 1 aliphatic rings. The summed E-state index contributed by atoms with van der Waals surface area (Å²) in [5.41, 5.74) is 1.21. The standard InChI is InChI=1S/C18H35N3O/c1-5-7-8-16(6-2)13-19-18(22)20-17-9-11-21(12-10-17)14-15(3)4/h16-17H,3,5-14H2,1-2,4H3,(H2,19,20,22). The molecule has 1 atom stereocenters. The van der Waals surface area contributed by atoms with Crippen molar-refractivity contribution >= 4 is 6.03 Å². The summed E-state index contributed by atoms with van der Waals surface area (Å²) in [6, 6.07) is 0.324. The molecular weight excluding hydrogens is 274 g/mol. The number of amides is 2. The molecule has 0 saturated carbocycles. The van der Waals surface area contributed by atoms with E-state index < -0.39 is 0 Å². The van der Waals surface area contributed by atoms with E-state index in [4.69, 9.17) is 0 Å². The summed E-state index contributed by atoms with van der Waals surface area (Å²) in [4.78, 5) is 14.4. The summed E-state index contributed by atoms with van der Waals surface area (Å²) in [5.74, 6) is 0.614. The minimum atomic E-state index is 0.00768. The van der Waals surface area contributed by atoms with Crippen LogP contribution >= 0.6 is 0 Å². The third-order valence-electron chi connectivity index (χ3n) is 4.51. The number of hydrogen-bond acceptors (Lipinski definition) is 2. The lowest BCUT2D eigenvalue weighted by Crippen LogP contribution is -2.48. The number of nitrogens with zero attached hydrogens (tertiary/aromatic N) is 1. The highest BCUT2D eigenvalue weighted by atomic mass is 16.2. The van der Waals surface area contributed by atoms with E-state index in [2.05, 4.69) is 42.9 Å². The molecule has 1 unspecified atom stereocenters. The van der Waals surface area contributed by atoms with Crippen LogP contribution in [0.2, 0.25) is 0 Å². The second-order valence-electron chi connectivity index (χ2n) is 6.78. The summed E-state index contributed by atoms with van der Waals surface area (Å²) in [5, 5.41) is 6.18. The van der Waals surface area contributed by atoms with Gasteiger partial charge in [0.2, 0.25) is 0 Å². The first-order valence-electron chi connectivity index (χ1n) is 8.96. The van der Waals surface area contributed by atoms with E-state index in [9.17, 15) is 4.79 Å². The van der Waals surface area contributed by atoms with Gasteiger partial charge in [-0.3, -0.25) is 4.90 Å². The fraction of sp³-hybridized carbons (Fsp3) is 0.833. The Morgan fingerprint density at radius 1 is 1.32 bits per heavy atom. The van der Waals surface area contributed by atoms with E-state index in [0.717, 1.165) is 45.4 Å². The highest BCUT2D eigenvalue weighted by Crippen LogP contribution is 2.12. The zero-order valence-corrected chi connectivity index (χ0v) is 14.8. The fourth-order valence-electron chi connectivity index (χ4n) is 3.03. The number of hydrogen-bond donors (Lipinski definition) is 2. The largest absolute Gasteiger partial charge is 0.338 e. The number of nitrogens with one attached hydrogen (secondary N) is 2. The van der Waals surface area contributed by atoms with E-state index >= 15 is 0 Å². The molecule has 0 spiro atoms. The Morgan fingerprint density at radius 2 is 2.00 bits per heavy atom. The predicted octanol–water partition coefficient (Wildman–Crippen LogP) is 3.54. The Morgan fingerprint density at radius 3 is 2.55 bits per heavy atom. The van der Waals surface area contributed by atoms with Gasteiger partial charge in [0.1, 0.15) is 0 Å². The first kappa shape index (κ1) is 19.0. The normalized spacial score (nSPS) is 18.0. The van der Waals surface area contributed by atoms with Gasteiger partial charge >= 0.3 is 6.03 Å². The molecule has 1 fully saturated rings. The van der Waals surface area contributed by atoms with Gasteiger partial charge in [-0.1, -0.05) is 45.3 Å². The van der Waals surface area contributed by atoms with Crippen LogP contribution in [0.3, 0.4) is 0 Å². The van der Waals surface area contributed by atoms with Crippen molar-refractivity contribution < 1.29 is 4.79 Å². The second kappa shape index (κ2) is 10.7. The molecule has 0 aromatic carbocycles. The molecule has 0 radical (unpaired) electrons. The predicted molar refractivity (Wildman–Crippen MR) is 94.1 cm³/mol. The number of likely N-dealkylation sites (tertiary alicyclic amines) is 1. The minimum Gasteiger partial charge on any atom is -0.338 e. The monoisotopic (exact) mass is 309 g/mol. The molecule has 1 heterocycles. The van der Waals surface area contributed by atoms with Crippen LogP contribution in [0.1, 0.15) is 59.3 Å². The Kier molecular flexibility index (Phi) is 9.21. The molecule has 1 saturated heterocycles. The van der Waals surface area contributed by atoms with Crippen LogP contribution in [0, 0.1) is 5.92 Å². The SMILES string of the molecule is C=C(C)CN1CCC(NC(=O)NCC(CC)CCCC)CC1. The molecule has 0 bridgehead atoms. The summed E-state index contributed by atoms with van der Waals surface area (Å²) in [6.07, 6.45) is 6.90. The molecule has 4 nitrogen and oxygen atoms in total. The lowest BCUT2D eigenvalue weighted by atomic mass is 9.99. The molecule has 4 heteroatoms. The average molecular weight is 309 g/mol. The summed E-state index contributed by atoms with van der Waals surface area (Å²) in [7, 11) is 0. The third kappa shape index (κ3) is 7.83. The molecule has 1 rings (SSSR count). The number of carbonyl (C=O) groups excluding carboxylic acids is 1. The van der Waals surface area contributed by atoms with Gasteiger partial charge in [-0.15, -0.1) is 0 Å². The number of rotatable bonds is 9. The maximum atomic E-state index is 12.0. The van der Waals surface area contributed by atoms with Crippen molar-refractivity contribution in [2.45, 2.75) is 65.3 Å². The zero-order chi connectivity index (χ0) is 16.4. The van der Waals surface area contributed by atoms with Gasteiger partial charge in [-0.25, -0.2) is 4.79 Å². The van der Waals surface area contributed by atoms with Crippen LogP contribution < -0.4 is 10.6 Å². The number of piperidine rings is 1. The Bertz CT molecular complexity index is 335. The van der Waals surface area contributed by atoms with E-state index in [1.807, 2.05) is 0 Å². The number of urea groups is 1. The van der Waals surface area contributed by atoms with Crippen LogP contribution in [-0.2, 0) is 0 Å². The van der Waals surface area contributed by atoms with E-state index in [1.54, 1.807) is 0 Å². The molecule has 22 heavy (non-hydrogen) atoms. The van der Waals surface area contributed by atoms with Gasteiger partial charge in [-0.2, -0.15) is 0 Å². The topological polar surface area (TPSA) is 44.4 Å². The number of carbonyl (C=O) groups is 1. The van der Waals surface area contributed by atoms with Crippen LogP contribution in [-0.4, -0.2) is 43.2 Å². The van der Waals surface area contributed by atoms with Crippen molar-refractivity contribution in [1.82, 2.24) is 15.5 Å². The van der Waals surface area contributed by atoms with Crippen LogP contribution in [0.15, 0.2) is 12.2 Å². The first-order chi connectivity index (χ1) is 10.5. The minimum absolute atomic E-state index is 0.00768. The van der Waals surface area contributed by atoms with Crippen molar-refractivity contribution in [3.05, 3.63) is 12.2 Å². The van der Waals surface area contributed by atoms with Crippen molar-refractivity contribution in [2.24, 2.45) is 5.92 Å². The maximum absolute atomic E-state index is 12.0. The quantitative estimate of drug-likeness (QED) is 0.640. The second-order valence-corrected chi connectivity index (χ2v) is 6.78. The van der Waals surface area contributed by atoms with Gasteiger partial charge in [0, 0.05) is 32.2 Å². The molecule has 0 aromatic heterocycles. The van der Waals surface area contributed by atoms with Gasteiger partial charge < -0.3 is 10.6 Å². The molecule has 128 valence electrons. The molecule has 0 aromatic rings. The smallest absolute Gasteiger partial charge is 0.315 e. The summed E-state index contributed by atoms with van der Waals surface area (Å²) in [6.45, 7) is 14.3. The Labute approximate surface area is 136 Å². The van der Waals surface area contributed by atoms with E-state index in [1.165, 1.54) is 24.8 Å². The zero-order valence-electron chi connectivity index (χ0n) is 14.8. The third-order valence-corrected chi connectivity index (χ3v) is 4.51. The fourth-order valence-corrected chi connectivity index (χ4v) is 3.03. The van der Waals surface area contributed by atoms with E-state index in [-0.39, 0.29) is 6.03 Å². The van der Waals surface area contributed by atoms with Gasteiger partial charge in [-0.05, 0) is 32.1 Å². The first-order valence-corrected chi connectivity index (χ1v) is 8.96. The van der Waals surface area contributed by atoms with E-state index in [0.29, 0.717) is 12.0 Å². The highest BCUT2D eigenvalue weighted by molar-refractivity contribution is 5.74. The maximum Gasteiger partial charge on any atom is 0.315 e. The van der Waals surface area contributed by atoms with Crippen molar-refractivity contribution in [2.75, 3.05) is 26.2 Å². The number of unbranched alkanes of at least 4 members (excludes halogenated alkanes) is 1. The van der Waals surface area contributed by atoms with Crippen LogP contribution in [0.5, 0.6) is 0 Å². The lowest BCUT2D eigenvalue weighted by Gasteiger charge is -2.32. The molecule has 0 aliphatic carbocycles. The van der Waals surface area contributed by atoms with Gasteiger partial charge in [0.15, 0.2) is 0 Å².